The number of oxazole rings is 1. The topological polar surface area (TPSA) is 171 Å². The molecule has 0 fully saturated rings. The van der Waals surface area contributed by atoms with E-state index in [1.54, 1.807) is 44.4 Å². The van der Waals surface area contributed by atoms with Crippen molar-refractivity contribution in [3.8, 4) is 46.2 Å². The first-order chi connectivity index (χ1) is 19.3. The number of hydrogen-bond acceptors (Lipinski definition) is 11. The molecular formula is C28H26FN5O5S. The van der Waals surface area contributed by atoms with Crippen molar-refractivity contribution < 1.29 is 28.5 Å². The zero-order valence-corrected chi connectivity index (χ0v) is 22.8. The number of thioether (sulfide) groups is 1. The molecule has 12 heteroatoms. The summed E-state index contributed by atoms with van der Waals surface area (Å²) >= 11 is 1.22. The fraction of sp³-hybridized carbons (Fsp3) is 0.214. The zero-order chi connectivity index (χ0) is 29.2. The average molecular weight is 564 g/mol. The third kappa shape index (κ3) is 6.68. The number of halogens is 1. The van der Waals surface area contributed by atoms with Gasteiger partial charge in [0.2, 0.25) is 5.89 Å². The van der Waals surface area contributed by atoms with Crippen LogP contribution < -0.4 is 15.2 Å². The van der Waals surface area contributed by atoms with Crippen LogP contribution in [0.2, 0.25) is 0 Å². The van der Waals surface area contributed by atoms with Gasteiger partial charge in [-0.25, -0.2) is 14.4 Å². The van der Waals surface area contributed by atoms with Gasteiger partial charge in [0, 0.05) is 17.4 Å². The summed E-state index contributed by atoms with van der Waals surface area (Å²) in [6.45, 7) is 1.47. The number of nitrogens with two attached hydrogens (primary N) is 1. The molecule has 2 aromatic carbocycles. The molecule has 2 heterocycles. The van der Waals surface area contributed by atoms with E-state index in [0.717, 1.165) is 0 Å². The van der Waals surface area contributed by atoms with Crippen LogP contribution in [-0.4, -0.2) is 47.6 Å². The molecule has 206 valence electrons. The van der Waals surface area contributed by atoms with Crippen LogP contribution in [0.3, 0.4) is 0 Å². The normalized spacial score (nSPS) is 10.2. The van der Waals surface area contributed by atoms with Crippen LogP contribution in [0.5, 0.6) is 11.5 Å². The van der Waals surface area contributed by atoms with E-state index in [-0.39, 0.29) is 47.4 Å². The van der Waals surface area contributed by atoms with Crippen molar-refractivity contribution in [1.29, 1.82) is 10.5 Å². The summed E-state index contributed by atoms with van der Waals surface area (Å²) in [6.07, 6.45) is 0. The smallest absolute Gasteiger partial charge is 0.229 e. The molecule has 10 nitrogen and oxygen atoms in total. The third-order valence-corrected chi connectivity index (χ3v) is 6.53. The Bertz CT molecular complexity index is 1560. The lowest BCUT2D eigenvalue weighted by Crippen LogP contribution is -2.03. The summed E-state index contributed by atoms with van der Waals surface area (Å²) in [5.41, 5.74) is 8.24. The Morgan fingerprint density at radius 3 is 2.15 bits per heavy atom. The molecule has 0 atom stereocenters. The van der Waals surface area contributed by atoms with Crippen LogP contribution in [0.4, 0.5) is 10.2 Å². The van der Waals surface area contributed by atoms with Crippen molar-refractivity contribution in [3.63, 3.8) is 0 Å². The molecule has 40 heavy (non-hydrogen) atoms. The second kappa shape index (κ2) is 14.0. The highest BCUT2D eigenvalue weighted by Gasteiger charge is 2.22. The summed E-state index contributed by atoms with van der Waals surface area (Å²) in [5.74, 6) is 1.44. The highest BCUT2D eigenvalue weighted by molar-refractivity contribution is 7.98. The Hall–Kier alpha value is -4.62. The second-order valence-corrected chi connectivity index (χ2v) is 8.95. The van der Waals surface area contributed by atoms with Crippen molar-refractivity contribution in [2.24, 2.45) is 0 Å². The number of aliphatic hydroxyl groups is 2. The first-order valence-corrected chi connectivity index (χ1v) is 12.7. The van der Waals surface area contributed by atoms with Gasteiger partial charge in [-0.1, -0.05) is 23.9 Å². The fourth-order valence-corrected chi connectivity index (χ4v) is 4.56. The van der Waals surface area contributed by atoms with Gasteiger partial charge in [0.15, 0.2) is 0 Å². The number of pyridine rings is 1. The minimum absolute atomic E-state index is 0.0164. The number of benzene rings is 2. The van der Waals surface area contributed by atoms with Gasteiger partial charge in [0.05, 0.1) is 44.3 Å². The van der Waals surface area contributed by atoms with Gasteiger partial charge in [0.25, 0.3) is 0 Å². The van der Waals surface area contributed by atoms with Gasteiger partial charge < -0.3 is 29.8 Å². The summed E-state index contributed by atoms with van der Waals surface area (Å²) in [6, 6.07) is 15.6. The van der Waals surface area contributed by atoms with Crippen molar-refractivity contribution >= 4 is 17.6 Å². The van der Waals surface area contributed by atoms with Crippen molar-refractivity contribution in [2.75, 3.05) is 33.2 Å². The molecule has 0 spiro atoms. The van der Waals surface area contributed by atoms with Crippen LogP contribution in [0, 0.1) is 35.4 Å². The number of aromatic nitrogens is 2. The Balaban J connectivity index is 0.00000103. The highest BCUT2D eigenvalue weighted by Crippen LogP contribution is 2.38. The Kier molecular flexibility index (Phi) is 10.4. The number of nitrogen functional groups attached to an aromatic ring is 1. The predicted octanol–water partition coefficient (Wildman–Crippen LogP) is 4.46. The lowest BCUT2D eigenvalue weighted by atomic mass is 9.97. The molecule has 4 N–H and O–H groups in total. The molecule has 4 aromatic rings. The van der Waals surface area contributed by atoms with Gasteiger partial charge in [0.1, 0.15) is 51.6 Å². The van der Waals surface area contributed by atoms with Gasteiger partial charge in [-0.2, -0.15) is 10.5 Å². The third-order valence-electron chi connectivity index (χ3n) is 5.54. The minimum Gasteiger partial charge on any atom is -0.497 e. The first-order valence-electron chi connectivity index (χ1n) is 11.7. The summed E-state index contributed by atoms with van der Waals surface area (Å²) < 4.78 is 30.4. The number of aliphatic hydroxyl groups excluding tert-OH is 2. The first kappa shape index (κ1) is 29.9. The van der Waals surface area contributed by atoms with Crippen LogP contribution in [-0.2, 0) is 5.75 Å². The van der Waals surface area contributed by atoms with Crippen molar-refractivity contribution in [1.82, 2.24) is 9.97 Å². The van der Waals surface area contributed by atoms with Gasteiger partial charge in [-0.05, 0) is 36.8 Å². The Morgan fingerprint density at radius 2 is 1.60 bits per heavy atom. The maximum absolute atomic E-state index is 14.5. The maximum Gasteiger partial charge on any atom is 0.229 e. The van der Waals surface area contributed by atoms with Crippen LogP contribution in [0.15, 0.2) is 51.9 Å². The molecule has 0 aliphatic heterocycles. The molecule has 0 saturated carbocycles. The van der Waals surface area contributed by atoms with Crippen LogP contribution in [0.25, 0.3) is 22.6 Å². The quantitative estimate of drug-likeness (QED) is 0.259. The van der Waals surface area contributed by atoms with Crippen LogP contribution in [0.1, 0.15) is 22.6 Å². The zero-order valence-electron chi connectivity index (χ0n) is 21.9. The van der Waals surface area contributed by atoms with E-state index < -0.39 is 5.82 Å². The van der Waals surface area contributed by atoms with E-state index in [9.17, 15) is 14.9 Å². The Labute approximate surface area is 234 Å². The van der Waals surface area contributed by atoms with E-state index in [0.29, 0.717) is 39.1 Å². The summed E-state index contributed by atoms with van der Waals surface area (Å²) in [4.78, 5) is 8.76. The number of nitriles is 2. The van der Waals surface area contributed by atoms with E-state index >= 15 is 0 Å². The molecule has 0 aliphatic carbocycles. The standard InChI is InChI=1S/C26H20FN5O3S.C2H6O2/c1-14-22(31-25(35-14)18-9-8-17(34-3)10-21(18)27)13-36-26-20(12-29)23(19(11-28)24(30)32-26)15-4-6-16(33-2)7-5-15;3-1-2-4/h4-10H,13H2,1-3H3,(H2,30,32);3-4H,1-2H2. The monoisotopic (exact) mass is 563 g/mol. The summed E-state index contributed by atoms with van der Waals surface area (Å²) in [7, 11) is 3.01. The molecule has 0 unspecified atom stereocenters. The maximum atomic E-state index is 14.5. The molecule has 0 radical (unpaired) electrons. The molecule has 0 saturated heterocycles. The number of aryl methyl sites for hydroxylation is 1. The van der Waals surface area contributed by atoms with Crippen LogP contribution >= 0.6 is 11.8 Å². The molecule has 0 aliphatic rings. The lowest BCUT2D eigenvalue weighted by Gasteiger charge is -2.13. The Morgan fingerprint density at radius 1 is 0.975 bits per heavy atom. The van der Waals surface area contributed by atoms with Crippen molar-refractivity contribution in [2.45, 2.75) is 17.7 Å². The van der Waals surface area contributed by atoms with Gasteiger partial charge >= 0.3 is 0 Å². The second-order valence-electron chi connectivity index (χ2n) is 7.98. The highest BCUT2D eigenvalue weighted by atomic mass is 32.2. The predicted molar refractivity (Wildman–Crippen MR) is 147 cm³/mol. The molecule has 2 aromatic heterocycles. The number of hydrogen-bond donors (Lipinski definition) is 3. The number of nitrogens with zero attached hydrogens (tertiary/aromatic N) is 4. The fourth-order valence-electron chi connectivity index (χ4n) is 3.56. The number of rotatable bonds is 8. The largest absolute Gasteiger partial charge is 0.497 e. The minimum atomic E-state index is -0.521. The number of anilines is 1. The van der Waals surface area contributed by atoms with E-state index in [2.05, 4.69) is 22.1 Å². The molecule has 4 rings (SSSR count). The molecule has 0 bridgehead atoms. The SMILES string of the molecule is COc1ccc(-c2c(C#N)c(N)nc(SCc3nc(-c4ccc(OC)cc4F)oc3C)c2C#N)cc1.OCCO. The van der Waals surface area contributed by atoms with E-state index in [1.807, 2.05) is 0 Å². The van der Waals surface area contributed by atoms with Gasteiger partial charge in [-0.15, -0.1) is 0 Å². The molecular weight excluding hydrogens is 537 g/mol. The number of ether oxygens (including phenoxy) is 2. The number of methoxy groups -OCH3 is 2. The van der Waals surface area contributed by atoms with Gasteiger partial charge in [-0.3, -0.25) is 0 Å². The summed E-state index contributed by atoms with van der Waals surface area (Å²) in [5, 5.41) is 35.3. The average Bonchev–Trinajstić information content (AvgIpc) is 3.35. The molecule has 0 amide bonds. The van der Waals surface area contributed by atoms with E-state index in [1.165, 1.54) is 31.0 Å². The van der Waals surface area contributed by atoms with E-state index in [4.69, 9.17) is 29.8 Å². The lowest BCUT2D eigenvalue weighted by molar-refractivity contribution is 0.186. The van der Waals surface area contributed by atoms with Crippen molar-refractivity contribution in [3.05, 3.63) is 70.9 Å².